The van der Waals surface area contributed by atoms with E-state index < -0.39 is 10.0 Å². The predicted octanol–water partition coefficient (Wildman–Crippen LogP) is 1.08. The maximum Gasteiger partial charge on any atom is 0.208 e. The van der Waals surface area contributed by atoms with Crippen LogP contribution < -0.4 is 4.72 Å². The number of aromatic nitrogens is 1. The highest BCUT2D eigenvalue weighted by Gasteiger charge is 2.14. The van der Waals surface area contributed by atoms with E-state index in [0.29, 0.717) is 18.7 Å². The lowest BCUT2D eigenvalue weighted by atomic mass is 10.2. The maximum absolute atomic E-state index is 11.6. The van der Waals surface area contributed by atoms with Gasteiger partial charge < -0.3 is 4.57 Å². The third-order valence-electron chi connectivity index (χ3n) is 2.70. The van der Waals surface area contributed by atoms with Crippen LogP contribution >= 0.6 is 11.6 Å². The van der Waals surface area contributed by atoms with Gasteiger partial charge in [-0.05, 0) is 19.9 Å². The third kappa shape index (κ3) is 3.83. The Morgan fingerprint density at radius 2 is 2.06 bits per heavy atom. The largest absolute Gasteiger partial charge is 0.347 e. The van der Waals surface area contributed by atoms with Gasteiger partial charge in [0.15, 0.2) is 5.78 Å². The number of sulfonamides is 1. The molecule has 0 amide bonds. The van der Waals surface area contributed by atoms with Gasteiger partial charge in [0.2, 0.25) is 10.0 Å². The van der Waals surface area contributed by atoms with Gasteiger partial charge in [0, 0.05) is 30.0 Å². The van der Waals surface area contributed by atoms with Crippen molar-refractivity contribution in [2.75, 3.05) is 18.7 Å². The predicted molar refractivity (Wildman–Crippen MR) is 71.8 cm³/mol. The van der Waals surface area contributed by atoms with Crippen molar-refractivity contribution in [2.24, 2.45) is 0 Å². The van der Waals surface area contributed by atoms with Crippen molar-refractivity contribution in [3.05, 3.63) is 23.0 Å². The summed E-state index contributed by atoms with van der Waals surface area (Å²) < 4.78 is 26.2. The van der Waals surface area contributed by atoms with Crippen molar-refractivity contribution in [1.29, 1.82) is 0 Å². The number of aryl methyl sites for hydroxylation is 1. The molecule has 102 valence electrons. The van der Waals surface area contributed by atoms with Crippen molar-refractivity contribution >= 4 is 27.4 Å². The second-order valence-electron chi connectivity index (χ2n) is 4.16. The Bertz CT molecular complexity index is 549. The molecule has 5 nitrogen and oxygen atoms in total. The Morgan fingerprint density at radius 1 is 1.44 bits per heavy atom. The number of carbonyl (C=O) groups is 1. The van der Waals surface area contributed by atoms with Crippen LogP contribution in [0.1, 0.15) is 21.7 Å². The van der Waals surface area contributed by atoms with Crippen molar-refractivity contribution in [1.82, 2.24) is 9.29 Å². The minimum absolute atomic E-state index is 0.0497. The number of hydrogen-bond acceptors (Lipinski definition) is 3. The molecule has 1 aromatic heterocycles. The molecule has 0 bridgehead atoms. The minimum atomic E-state index is -3.19. The normalized spacial score (nSPS) is 11.8. The molecule has 0 aliphatic heterocycles. The summed E-state index contributed by atoms with van der Waals surface area (Å²) in [6.07, 6.45) is 1.12. The van der Waals surface area contributed by atoms with Gasteiger partial charge in [-0.25, -0.2) is 13.1 Å². The molecule has 1 rings (SSSR count). The van der Waals surface area contributed by atoms with Crippen molar-refractivity contribution in [2.45, 2.75) is 20.4 Å². The molecule has 0 saturated heterocycles. The van der Waals surface area contributed by atoms with Crippen LogP contribution in [0, 0.1) is 13.8 Å². The summed E-state index contributed by atoms with van der Waals surface area (Å²) in [5, 5.41) is 0. The Morgan fingerprint density at radius 3 is 2.56 bits per heavy atom. The fourth-order valence-corrected chi connectivity index (χ4v) is 2.45. The van der Waals surface area contributed by atoms with Crippen LogP contribution in [-0.4, -0.2) is 37.4 Å². The average Bonchev–Trinajstić information content (AvgIpc) is 2.54. The first kappa shape index (κ1) is 15.2. The van der Waals surface area contributed by atoms with Crippen molar-refractivity contribution in [3.8, 4) is 0 Å². The summed E-state index contributed by atoms with van der Waals surface area (Å²) in [7, 11) is -3.19. The van der Waals surface area contributed by atoms with Crippen LogP contribution in [0.25, 0.3) is 0 Å². The van der Waals surface area contributed by atoms with Gasteiger partial charge in [0.25, 0.3) is 0 Å². The van der Waals surface area contributed by atoms with Crippen molar-refractivity contribution in [3.63, 3.8) is 0 Å². The SMILES string of the molecule is Cc1cc(C(=O)CCl)c(C)n1CCNS(C)(=O)=O. The molecule has 0 fully saturated rings. The number of nitrogens with zero attached hydrogens (tertiary/aromatic N) is 1. The summed E-state index contributed by atoms with van der Waals surface area (Å²) in [6.45, 7) is 4.48. The average molecular weight is 293 g/mol. The summed E-state index contributed by atoms with van der Waals surface area (Å²) in [5.41, 5.74) is 2.33. The van der Waals surface area contributed by atoms with Crippen molar-refractivity contribution < 1.29 is 13.2 Å². The third-order valence-corrected chi connectivity index (χ3v) is 3.67. The molecule has 18 heavy (non-hydrogen) atoms. The van der Waals surface area contributed by atoms with Crippen LogP contribution in [0.4, 0.5) is 0 Å². The molecule has 0 saturated carbocycles. The number of nitrogens with one attached hydrogen (secondary N) is 1. The van der Waals surface area contributed by atoms with E-state index >= 15 is 0 Å². The lowest BCUT2D eigenvalue weighted by Crippen LogP contribution is -2.26. The first-order valence-corrected chi connectivity index (χ1v) is 7.89. The van der Waals surface area contributed by atoms with Crippen LogP contribution in [0.2, 0.25) is 0 Å². The van der Waals surface area contributed by atoms with E-state index in [4.69, 9.17) is 11.6 Å². The zero-order chi connectivity index (χ0) is 13.9. The van der Waals surface area contributed by atoms with Gasteiger partial charge in [0.05, 0.1) is 12.1 Å². The number of rotatable bonds is 6. The zero-order valence-corrected chi connectivity index (χ0v) is 12.2. The Labute approximate surface area is 112 Å². The van der Waals surface area contributed by atoms with E-state index in [2.05, 4.69) is 4.72 Å². The standard InChI is InChI=1S/C11H17ClN2O3S/c1-8-6-10(11(15)7-12)9(2)14(8)5-4-13-18(3,16)17/h6,13H,4-5,7H2,1-3H3. The van der Waals surface area contributed by atoms with Crippen LogP contribution in [0.5, 0.6) is 0 Å². The summed E-state index contributed by atoms with van der Waals surface area (Å²) >= 11 is 5.53. The van der Waals surface area contributed by atoms with Gasteiger partial charge in [-0.2, -0.15) is 0 Å². The zero-order valence-electron chi connectivity index (χ0n) is 10.7. The Balaban J connectivity index is 2.84. The fourth-order valence-electron chi connectivity index (χ4n) is 1.84. The molecule has 1 N–H and O–H groups in total. The number of hydrogen-bond donors (Lipinski definition) is 1. The van der Waals surface area contributed by atoms with Gasteiger partial charge in [-0.3, -0.25) is 4.79 Å². The summed E-state index contributed by atoms with van der Waals surface area (Å²) in [5.74, 6) is -0.168. The van der Waals surface area contributed by atoms with E-state index in [-0.39, 0.29) is 11.7 Å². The van der Waals surface area contributed by atoms with Gasteiger partial charge in [-0.15, -0.1) is 11.6 Å². The van der Waals surface area contributed by atoms with Crippen LogP contribution in [0.3, 0.4) is 0 Å². The van der Waals surface area contributed by atoms with Crippen LogP contribution in [0.15, 0.2) is 6.07 Å². The summed E-state index contributed by atoms with van der Waals surface area (Å²) in [6, 6.07) is 1.78. The van der Waals surface area contributed by atoms with Crippen LogP contribution in [-0.2, 0) is 16.6 Å². The first-order chi connectivity index (χ1) is 8.26. The second-order valence-corrected chi connectivity index (χ2v) is 6.26. The molecule has 0 spiro atoms. The molecule has 0 aliphatic carbocycles. The first-order valence-electron chi connectivity index (χ1n) is 5.46. The van der Waals surface area contributed by atoms with Gasteiger partial charge in [0.1, 0.15) is 0 Å². The number of carbonyl (C=O) groups excluding carboxylic acids is 1. The smallest absolute Gasteiger partial charge is 0.208 e. The number of Topliss-reactive ketones (excluding diaryl/α,β-unsaturated/α-hetero) is 1. The molecule has 0 aromatic carbocycles. The highest BCUT2D eigenvalue weighted by Crippen LogP contribution is 2.15. The minimum Gasteiger partial charge on any atom is -0.347 e. The highest BCUT2D eigenvalue weighted by atomic mass is 35.5. The quantitative estimate of drug-likeness (QED) is 0.630. The van der Waals surface area contributed by atoms with Gasteiger partial charge >= 0.3 is 0 Å². The molecular formula is C11H17ClN2O3S. The Kier molecular flexibility index (Phi) is 4.95. The van der Waals surface area contributed by atoms with E-state index in [0.717, 1.165) is 17.6 Å². The molecule has 0 radical (unpaired) electrons. The lowest BCUT2D eigenvalue weighted by molar-refractivity contribution is 0.102. The Hall–Kier alpha value is -0.850. The molecule has 1 heterocycles. The number of ketones is 1. The van der Waals surface area contributed by atoms with E-state index in [9.17, 15) is 13.2 Å². The molecule has 0 atom stereocenters. The maximum atomic E-state index is 11.6. The fraction of sp³-hybridized carbons (Fsp3) is 0.545. The number of alkyl halides is 1. The molecular weight excluding hydrogens is 276 g/mol. The van der Waals surface area contributed by atoms with E-state index in [1.807, 2.05) is 18.4 Å². The molecule has 1 aromatic rings. The topological polar surface area (TPSA) is 68.2 Å². The second kappa shape index (κ2) is 5.86. The number of halogens is 1. The van der Waals surface area contributed by atoms with E-state index in [1.165, 1.54) is 0 Å². The molecule has 7 heteroatoms. The van der Waals surface area contributed by atoms with E-state index in [1.54, 1.807) is 6.07 Å². The molecule has 0 unspecified atom stereocenters. The highest BCUT2D eigenvalue weighted by molar-refractivity contribution is 7.88. The van der Waals surface area contributed by atoms with Gasteiger partial charge in [-0.1, -0.05) is 0 Å². The monoisotopic (exact) mass is 292 g/mol. The summed E-state index contributed by atoms with van der Waals surface area (Å²) in [4.78, 5) is 11.6. The lowest BCUT2D eigenvalue weighted by Gasteiger charge is -2.09. The molecule has 0 aliphatic rings.